The van der Waals surface area contributed by atoms with Gasteiger partial charge in [-0.05, 0) is 24.1 Å². The number of hydrogen-bond donors (Lipinski definition) is 0. The average molecular weight is 475 g/mol. The van der Waals surface area contributed by atoms with Gasteiger partial charge in [0.15, 0.2) is 0 Å². The number of esters is 1. The van der Waals surface area contributed by atoms with Crippen molar-refractivity contribution in [1.82, 2.24) is 19.4 Å². The van der Waals surface area contributed by atoms with Gasteiger partial charge in [0.1, 0.15) is 28.4 Å². The van der Waals surface area contributed by atoms with Crippen molar-refractivity contribution in [3.8, 4) is 11.1 Å². The minimum atomic E-state index is -0.408. The molecule has 0 saturated carbocycles. The van der Waals surface area contributed by atoms with Gasteiger partial charge in [-0.15, -0.1) is 11.3 Å². The zero-order valence-corrected chi connectivity index (χ0v) is 19.2. The number of aryl methyl sites for hydroxylation is 1. The summed E-state index contributed by atoms with van der Waals surface area (Å²) in [7, 11) is 0. The molecule has 4 aromatic heterocycles. The predicted octanol–water partition coefficient (Wildman–Crippen LogP) is 4.51. The largest absolute Gasteiger partial charge is 0.459 e. The van der Waals surface area contributed by atoms with Crippen LogP contribution in [-0.2, 0) is 16.1 Å². The smallest absolute Gasteiger partial charge is 0.316 e. The van der Waals surface area contributed by atoms with E-state index in [4.69, 9.17) is 4.74 Å². The van der Waals surface area contributed by atoms with Gasteiger partial charge in [0.05, 0.1) is 16.8 Å². The van der Waals surface area contributed by atoms with Gasteiger partial charge in [-0.25, -0.2) is 15.0 Å². The maximum Gasteiger partial charge on any atom is 0.316 e. The van der Waals surface area contributed by atoms with Crippen LogP contribution >= 0.6 is 23.1 Å². The topological polar surface area (TPSA) is 86.4 Å². The molecule has 5 rings (SSSR count). The molecule has 0 aliphatic rings. The number of ether oxygens (including phenoxy) is 1. The van der Waals surface area contributed by atoms with Gasteiger partial charge in [-0.2, -0.15) is 0 Å². The third kappa shape index (κ3) is 4.50. The number of pyridine rings is 1. The van der Waals surface area contributed by atoms with Crippen LogP contribution in [0.15, 0.2) is 76.3 Å². The number of hydrogen-bond acceptors (Lipinski definition) is 8. The lowest BCUT2D eigenvalue weighted by molar-refractivity contribution is -0.141. The van der Waals surface area contributed by atoms with E-state index in [1.807, 2.05) is 43.3 Å². The van der Waals surface area contributed by atoms with E-state index in [9.17, 15) is 9.59 Å². The van der Waals surface area contributed by atoms with Crippen LogP contribution in [0, 0.1) is 6.92 Å². The van der Waals surface area contributed by atoms with Gasteiger partial charge in [0.2, 0.25) is 0 Å². The maximum atomic E-state index is 12.4. The van der Waals surface area contributed by atoms with Gasteiger partial charge in [0, 0.05) is 23.2 Å². The number of aromatic nitrogens is 4. The first-order chi connectivity index (χ1) is 16.1. The summed E-state index contributed by atoms with van der Waals surface area (Å²) in [5, 5.41) is 3.73. The van der Waals surface area contributed by atoms with Gasteiger partial charge < -0.3 is 4.74 Å². The van der Waals surface area contributed by atoms with Crippen LogP contribution in [0.3, 0.4) is 0 Å². The zero-order valence-electron chi connectivity index (χ0n) is 17.6. The van der Waals surface area contributed by atoms with E-state index >= 15 is 0 Å². The molecule has 7 nitrogen and oxygen atoms in total. The van der Waals surface area contributed by atoms with Gasteiger partial charge in [-0.1, -0.05) is 48.2 Å². The molecule has 0 radical (unpaired) electrons. The van der Waals surface area contributed by atoms with E-state index in [0.29, 0.717) is 11.3 Å². The Morgan fingerprint density at radius 1 is 1.15 bits per heavy atom. The van der Waals surface area contributed by atoms with Crippen LogP contribution in [0.2, 0.25) is 0 Å². The summed E-state index contributed by atoms with van der Waals surface area (Å²) in [4.78, 5) is 38.8. The third-order valence-corrected chi connectivity index (χ3v) is 6.84. The standard InChI is InChI=1S/C24H18N4O3S2/c1-15-7-8-19-27-17(9-20(29)28(19)10-15)11-31-21(30)13-33-24-22-18(16-5-3-2-4-6-16)12-32-23(22)25-14-26-24/h2-10,12,14H,11,13H2,1H3. The normalized spacial score (nSPS) is 11.2. The Morgan fingerprint density at radius 3 is 2.85 bits per heavy atom. The summed E-state index contributed by atoms with van der Waals surface area (Å²) in [6, 6.07) is 15.1. The van der Waals surface area contributed by atoms with Crippen LogP contribution in [0.25, 0.3) is 27.0 Å². The third-order valence-electron chi connectivity index (χ3n) is 4.99. The SMILES string of the molecule is Cc1ccc2nc(COC(=O)CSc3ncnc4scc(-c5ccccc5)c34)cc(=O)n2c1. The molecule has 0 bridgehead atoms. The Kier molecular flexibility index (Phi) is 5.89. The molecule has 1 aromatic carbocycles. The van der Waals surface area contributed by atoms with Crippen LogP contribution in [0.5, 0.6) is 0 Å². The second kappa shape index (κ2) is 9.13. The van der Waals surface area contributed by atoms with Crippen molar-refractivity contribution in [3.63, 3.8) is 0 Å². The molecular weight excluding hydrogens is 456 g/mol. The number of carbonyl (C=O) groups is 1. The molecule has 164 valence electrons. The Balaban J connectivity index is 1.29. The van der Waals surface area contributed by atoms with E-state index < -0.39 is 5.97 Å². The summed E-state index contributed by atoms with van der Waals surface area (Å²) in [5.41, 5.74) is 3.80. The van der Waals surface area contributed by atoms with Crippen molar-refractivity contribution in [2.45, 2.75) is 18.6 Å². The number of rotatable bonds is 6. The maximum absolute atomic E-state index is 12.4. The Bertz CT molecular complexity index is 1530. The molecule has 0 unspecified atom stereocenters. The fraction of sp³-hybridized carbons (Fsp3) is 0.125. The van der Waals surface area contributed by atoms with Crippen molar-refractivity contribution in [2.24, 2.45) is 0 Å². The van der Waals surface area contributed by atoms with Crippen LogP contribution in [0.4, 0.5) is 0 Å². The molecule has 9 heteroatoms. The number of thiophene rings is 1. The molecule has 5 aromatic rings. The van der Waals surface area contributed by atoms with Crippen LogP contribution in [-0.4, -0.2) is 31.1 Å². The highest BCUT2D eigenvalue weighted by molar-refractivity contribution is 8.00. The highest BCUT2D eigenvalue weighted by Crippen LogP contribution is 2.37. The van der Waals surface area contributed by atoms with E-state index in [-0.39, 0.29) is 17.9 Å². The lowest BCUT2D eigenvalue weighted by Gasteiger charge is -2.07. The molecule has 33 heavy (non-hydrogen) atoms. The zero-order chi connectivity index (χ0) is 22.8. The fourth-order valence-corrected chi connectivity index (χ4v) is 5.23. The van der Waals surface area contributed by atoms with Gasteiger partial charge in [-0.3, -0.25) is 14.0 Å². The molecule has 4 heterocycles. The quantitative estimate of drug-likeness (QED) is 0.203. The number of nitrogens with zero attached hydrogens (tertiary/aromatic N) is 4. The van der Waals surface area contributed by atoms with Crippen molar-refractivity contribution in [1.29, 1.82) is 0 Å². The van der Waals surface area contributed by atoms with Crippen LogP contribution in [0.1, 0.15) is 11.3 Å². The first-order valence-electron chi connectivity index (χ1n) is 10.1. The molecular formula is C24H18N4O3S2. The summed E-state index contributed by atoms with van der Waals surface area (Å²) in [5.74, 6) is -0.323. The summed E-state index contributed by atoms with van der Waals surface area (Å²) >= 11 is 2.86. The number of carbonyl (C=O) groups excluding carboxylic acids is 1. The van der Waals surface area contributed by atoms with E-state index in [1.54, 1.807) is 23.6 Å². The molecule has 0 amide bonds. The molecule has 0 N–H and O–H groups in total. The molecule has 0 fully saturated rings. The minimum absolute atomic E-state index is 0.0636. The molecule has 0 spiro atoms. The van der Waals surface area contributed by atoms with Crippen molar-refractivity contribution < 1.29 is 9.53 Å². The molecule has 0 saturated heterocycles. The summed E-state index contributed by atoms with van der Waals surface area (Å²) < 4.78 is 6.85. The predicted molar refractivity (Wildman–Crippen MR) is 130 cm³/mol. The lowest BCUT2D eigenvalue weighted by atomic mass is 10.1. The number of thioether (sulfide) groups is 1. The average Bonchev–Trinajstić information content (AvgIpc) is 3.27. The number of benzene rings is 1. The summed E-state index contributed by atoms with van der Waals surface area (Å²) in [6.45, 7) is 1.84. The fourth-order valence-electron chi connectivity index (χ4n) is 3.44. The molecule has 0 atom stereocenters. The summed E-state index contributed by atoms with van der Waals surface area (Å²) in [6.07, 6.45) is 3.24. The second-order valence-corrected chi connectivity index (χ2v) is 9.17. The van der Waals surface area contributed by atoms with E-state index in [2.05, 4.69) is 20.3 Å². The highest BCUT2D eigenvalue weighted by Gasteiger charge is 2.15. The lowest BCUT2D eigenvalue weighted by Crippen LogP contribution is -2.17. The first-order valence-corrected chi connectivity index (χ1v) is 12.0. The first kappa shape index (κ1) is 21.3. The molecule has 0 aliphatic carbocycles. The highest BCUT2D eigenvalue weighted by atomic mass is 32.2. The van der Waals surface area contributed by atoms with Gasteiger partial charge >= 0.3 is 5.97 Å². The Labute approximate surface area is 197 Å². The molecule has 0 aliphatic heterocycles. The van der Waals surface area contributed by atoms with E-state index in [0.717, 1.165) is 31.9 Å². The van der Waals surface area contributed by atoms with Crippen molar-refractivity contribution >= 4 is 44.9 Å². The van der Waals surface area contributed by atoms with Crippen molar-refractivity contribution in [2.75, 3.05) is 5.75 Å². The van der Waals surface area contributed by atoms with Gasteiger partial charge in [0.25, 0.3) is 5.56 Å². The monoisotopic (exact) mass is 474 g/mol. The second-order valence-electron chi connectivity index (χ2n) is 7.34. The van der Waals surface area contributed by atoms with E-state index in [1.165, 1.54) is 28.6 Å². The Morgan fingerprint density at radius 2 is 2.00 bits per heavy atom. The minimum Gasteiger partial charge on any atom is -0.459 e. The Hall–Kier alpha value is -3.56. The van der Waals surface area contributed by atoms with Crippen LogP contribution < -0.4 is 5.56 Å². The number of fused-ring (bicyclic) bond motifs is 2. The van der Waals surface area contributed by atoms with Crippen molar-refractivity contribution in [3.05, 3.63) is 88.0 Å².